The van der Waals surface area contributed by atoms with Crippen LogP contribution >= 0.6 is 0 Å². The molecule has 0 spiro atoms. The van der Waals surface area contributed by atoms with Gasteiger partial charge in [0.15, 0.2) is 0 Å². The van der Waals surface area contributed by atoms with Crippen molar-refractivity contribution in [3.05, 3.63) is 29.8 Å². The molecule has 0 radical (unpaired) electrons. The zero-order valence-electron chi connectivity index (χ0n) is 12.0. The molecule has 1 rings (SSSR count). The van der Waals surface area contributed by atoms with Gasteiger partial charge in [0.25, 0.3) is 0 Å². The van der Waals surface area contributed by atoms with Crippen LogP contribution in [0.15, 0.2) is 29.2 Å². The molecule has 0 heterocycles. The molecule has 1 unspecified atom stereocenters. The molecule has 114 valence electrons. The van der Waals surface area contributed by atoms with Crippen LogP contribution in [0, 0.1) is 0 Å². The Balaban J connectivity index is 2.81. The first-order valence-corrected chi connectivity index (χ1v) is 8.20. The smallest absolute Gasteiger partial charge is 0.242 e. The van der Waals surface area contributed by atoms with Crippen LogP contribution in [-0.4, -0.2) is 49.2 Å². The number of aliphatic hydroxyl groups excluding tert-OH is 2. The van der Waals surface area contributed by atoms with Gasteiger partial charge in [0.05, 0.1) is 17.6 Å². The minimum atomic E-state index is -3.62. The first kappa shape index (κ1) is 17.1. The Kier molecular flexibility index (Phi) is 6.61. The van der Waals surface area contributed by atoms with Gasteiger partial charge >= 0.3 is 0 Å². The summed E-state index contributed by atoms with van der Waals surface area (Å²) in [6.45, 7) is 1.52. The highest BCUT2D eigenvalue weighted by atomic mass is 32.2. The van der Waals surface area contributed by atoms with Crippen LogP contribution in [0.2, 0.25) is 0 Å². The van der Waals surface area contributed by atoms with Crippen LogP contribution in [0.3, 0.4) is 0 Å². The molecule has 2 N–H and O–H groups in total. The summed E-state index contributed by atoms with van der Waals surface area (Å²) < 4.78 is 25.5. The fraction of sp³-hybridized carbons (Fsp3) is 0.571. The Bertz CT molecular complexity index is 498. The predicted octanol–water partition coefficient (Wildman–Crippen LogP) is 1.00. The summed E-state index contributed by atoms with van der Waals surface area (Å²) in [5.74, 6) is 0. The Morgan fingerprint density at radius 3 is 2.35 bits per heavy atom. The van der Waals surface area contributed by atoms with E-state index in [1.54, 1.807) is 12.1 Å². The van der Waals surface area contributed by atoms with E-state index in [1.165, 1.54) is 7.05 Å². The lowest BCUT2D eigenvalue weighted by Gasteiger charge is -2.19. The highest BCUT2D eigenvalue weighted by molar-refractivity contribution is 7.89. The van der Waals surface area contributed by atoms with Crippen LogP contribution in [0.25, 0.3) is 0 Å². The number of benzene rings is 1. The first-order chi connectivity index (χ1) is 9.41. The number of likely N-dealkylation sites (N-methyl/N-ethyl adjacent to an activating group) is 1. The Labute approximate surface area is 120 Å². The van der Waals surface area contributed by atoms with Gasteiger partial charge < -0.3 is 10.2 Å². The standard InChI is InChI=1S/C14H23NO4S/c1-3-4-5-12-6-8-14(9-7-12)20(18,19)15(2)10-13(17)11-16/h6-9,13,16-17H,3-5,10-11H2,1-2H3. The van der Waals surface area contributed by atoms with E-state index in [0.717, 1.165) is 29.1 Å². The Hall–Kier alpha value is -0.950. The number of aryl methyl sites for hydroxylation is 1. The van der Waals surface area contributed by atoms with Crippen LogP contribution in [0.4, 0.5) is 0 Å². The highest BCUT2D eigenvalue weighted by Crippen LogP contribution is 2.16. The number of rotatable bonds is 8. The van der Waals surface area contributed by atoms with E-state index in [-0.39, 0.29) is 11.4 Å². The van der Waals surface area contributed by atoms with Gasteiger partial charge in [-0.3, -0.25) is 0 Å². The zero-order chi connectivity index (χ0) is 15.2. The summed E-state index contributed by atoms with van der Waals surface area (Å²) >= 11 is 0. The molecule has 0 fully saturated rings. The highest BCUT2D eigenvalue weighted by Gasteiger charge is 2.22. The summed E-state index contributed by atoms with van der Waals surface area (Å²) in [6.07, 6.45) is 2.05. The summed E-state index contributed by atoms with van der Waals surface area (Å²) in [4.78, 5) is 0.199. The molecular weight excluding hydrogens is 278 g/mol. The van der Waals surface area contributed by atoms with Gasteiger partial charge in [-0.25, -0.2) is 8.42 Å². The van der Waals surface area contributed by atoms with Gasteiger partial charge in [0.2, 0.25) is 10.0 Å². The molecule has 1 aromatic carbocycles. The van der Waals surface area contributed by atoms with Crippen molar-refractivity contribution in [1.29, 1.82) is 0 Å². The Morgan fingerprint density at radius 1 is 1.25 bits per heavy atom. The molecule has 0 bridgehead atoms. The molecule has 0 amide bonds. The van der Waals surface area contributed by atoms with Crippen molar-refractivity contribution >= 4 is 10.0 Å². The van der Waals surface area contributed by atoms with Crippen LogP contribution in [0.1, 0.15) is 25.3 Å². The largest absolute Gasteiger partial charge is 0.394 e. The van der Waals surface area contributed by atoms with E-state index in [1.807, 2.05) is 12.1 Å². The number of aliphatic hydroxyl groups is 2. The number of nitrogens with zero attached hydrogens (tertiary/aromatic N) is 1. The zero-order valence-corrected chi connectivity index (χ0v) is 12.8. The maximum atomic E-state index is 12.2. The fourth-order valence-corrected chi connectivity index (χ4v) is 3.05. The minimum Gasteiger partial charge on any atom is -0.394 e. The molecule has 0 aromatic heterocycles. The molecule has 20 heavy (non-hydrogen) atoms. The van der Waals surface area contributed by atoms with Crippen LogP contribution in [-0.2, 0) is 16.4 Å². The number of hydrogen-bond acceptors (Lipinski definition) is 4. The number of hydrogen-bond donors (Lipinski definition) is 2. The second kappa shape index (κ2) is 7.73. The van der Waals surface area contributed by atoms with E-state index >= 15 is 0 Å². The van der Waals surface area contributed by atoms with Gasteiger partial charge in [-0.15, -0.1) is 0 Å². The van der Waals surface area contributed by atoms with Crippen molar-refractivity contribution in [3.8, 4) is 0 Å². The summed E-state index contributed by atoms with van der Waals surface area (Å²) in [5.41, 5.74) is 1.11. The lowest BCUT2D eigenvalue weighted by molar-refractivity contribution is 0.0826. The van der Waals surface area contributed by atoms with E-state index in [2.05, 4.69) is 6.92 Å². The maximum Gasteiger partial charge on any atom is 0.242 e. The third-order valence-electron chi connectivity index (χ3n) is 3.13. The Morgan fingerprint density at radius 2 is 1.85 bits per heavy atom. The minimum absolute atomic E-state index is 0.129. The molecule has 0 aliphatic carbocycles. The monoisotopic (exact) mass is 301 g/mol. The molecule has 0 saturated heterocycles. The van der Waals surface area contributed by atoms with E-state index in [9.17, 15) is 13.5 Å². The SMILES string of the molecule is CCCCc1ccc(S(=O)(=O)N(C)CC(O)CO)cc1. The van der Waals surface area contributed by atoms with Gasteiger partial charge in [-0.05, 0) is 30.5 Å². The topological polar surface area (TPSA) is 77.8 Å². The predicted molar refractivity (Wildman–Crippen MR) is 78.0 cm³/mol. The van der Waals surface area contributed by atoms with Gasteiger partial charge in [0, 0.05) is 13.6 Å². The van der Waals surface area contributed by atoms with E-state index in [0.29, 0.717) is 0 Å². The number of unbranched alkanes of at least 4 members (excludes halogenated alkanes) is 1. The van der Waals surface area contributed by atoms with Gasteiger partial charge in [-0.2, -0.15) is 4.31 Å². The molecule has 6 heteroatoms. The molecule has 1 atom stereocenters. The summed E-state index contributed by atoms with van der Waals surface area (Å²) in [5, 5.41) is 18.1. The van der Waals surface area contributed by atoms with Gasteiger partial charge in [0.1, 0.15) is 0 Å². The fourth-order valence-electron chi connectivity index (χ4n) is 1.84. The van der Waals surface area contributed by atoms with Crippen molar-refractivity contribution in [2.45, 2.75) is 37.2 Å². The van der Waals surface area contributed by atoms with Crippen molar-refractivity contribution in [2.24, 2.45) is 0 Å². The third-order valence-corrected chi connectivity index (χ3v) is 4.97. The lowest BCUT2D eigenvalue weighted by Crippen LogP contribution is -2.35. The third kappa shape index (κ3) is 4.56. The van der Waals surface area contributed by atoms with Crippen LogP contribution in [0.5, 0.6) is 0 Å². The second-order valence-electron chi connectivity index (χ2n) is 4.87. The first-order valence-electron chi connectivity index (χ1n) is 6.76. The summed E-state index contributed by atoms with van der Waals surface area (Å²) in [7, 11) is -2.23. The number of sulfonamides is 1. The van der Waals surface area contributed by atoms with Crippen molar-refractivity contribution in [3.63, 3.8) is 0 Å². The maximum absolute atomic E-state index is 12.2. The van der Waals surface area contributed by atoms with Crippen molar-refractivity contribution in [2.75, 3.05) is 20.2 Å². The van der Waals surface area contributed by atoms with Crippen LogP contribution < -0.4 is 0 Å². The molecule has 0 saturated carbocycles. The second-order valence-corrected chi connectivity index (χ2v) is 6.91. The molecule has 0 aliphatic rings. The quantitative estimate of drug-likeness (QED) is 0.751. The van der Waals surface area contributed by atoms with Gasteiger partial charge in [-0.1, -0.05) is 25.5 Å². The lowest BCUT2D eigenvalue weighted by atomic mass is 10.1. The van der Waals surface area contributed by atoms with Crippen molar-refractivity contribution in [1.82, 2.24) is 4.31 Å². The molecule has 5 nitrogen and oxygen atoms in total. The molecular formula is C14H23NO4S. The molecule has 1 aromatic rings. The summed E-state index contributed by atoms with van der Waals surface area (Å²) in [6, 6.07) is 6.81. The average Bonchev–Trinajstić information content (AvgIpc) is 2.45. The molecule has 0 aliphatic heterocycles. The van der Waals surface area contributed by atoms with E-state index in [4.69, 9.17) is 5.11 Å². The average molecular weight is 301 g/mol. The van der Waals surface area contributed by atoms with Crippen molar-refractivity contribution < 1.29 is 18.6 Å². The normalized spacial score (nSPS) is 13.7. The van der Waals surface area contributed by atoms with E-state index < -0.39 is 22.7 Å².